The Hall–Kier alpha value is -0.840. The summed E-state index contributed by atoms with van der Waals surface area (Å²) >= 11 is 3.30. The molecule has 0 unspecified atom stereocenters. The standard InChI is InChI=1S/C10H16BrN3O/c1-4-7(2)13-10(15)8(3)14-6-9(11)5-12-14/h5-8H,4H2,1-3H3,(H,13,15)/t7-,8-/m1/s1. The molecule has 1 aromatic heterocycles. The summed E-state index contributed by atoms with van der Waals surface area (Å²) < 4.78 is 2.52. The van der Waals surface area contributed by atoms with Crippen LogP contribution in [-0.2, 0) is 4.79 Å². The Balaban J connectivity index is 2.60. The summed E-state index contributed by atoms with van der Waals surface area (Å²) in [5, 5.41) is 7.00. The molecule has 1 aromatic rings. The van der Waals surface area contributed by atoms with Gasteiger partial charge >= 0.3 is 0 Å². The first-order valence-corrected chi connectivity index (χ1v) is 5.84. The molecule has 0 saturated heterocycles. The Morgan fingerprint density at radius 2 is 2.33 bits per heavy atom. The van der Waals surface area contributed by atoms with Crippen LogP contribution < -0.4 is 5.32 Å². The van der Waals surface area contributed by atoms with Gasteiger partial charge in [0.25, 0.3) is 0 Å². The molecule has 0 bridgehead atoms. The van der Waals surface area contributed by atoms with Crippen LogP contribution in [0.1, 0.15) is 33.2 Å². The molecule has 1 amide bonds. The van der Waals surface area contributed by atoms with Gasteiger partial charge in [0.2, 0.25) is 5.91 Å². The molecule has 0 spiro atoms. The van der Waals surface area contributed by atoms with Crippen molar-refractivity contribution in [2.45, 2.75) is 39.3 Å². The van der Waals surface area contributed by atoms with Gasteiger partial charge in [-0.15, -0.1) is 0 Å². The fraction of sp³-hybridized carbons (Fsp3) is 0.600. The Labute approximate surface area is 98.2 Å². The number of nitrogens with one attached hydrogen (secondary N) is 1. The van der Waals surface area contributed by atoms with E-state index in [4.69, 9.17) is 0 Å². The van der Waals surface area contributed by atoms with Crippen molar-refractivity contribution >= 4 is 21.8 Å². The van der Waals surface area contributed by atoms with Crippen LogP contribution in [-0.4, -0.2) is 21.7 Å². The molecule has 1 heterocycles. The van der Waals surface area contributed by atoms with Crippen molar-refractivity contribution in [1.29, 1.82) is 0 Å². The topological polar surface area (TPSA) is 46.9 Å². The summed E-state index contributed by atoms with van der Waals surface area (Å²) in [6, 6.07) is -0.0655. The van der Waals surface area contributed by atoms with Gasteiger partial charge in [0, 0.05) is 12.2 Å². The third-order valence-electron chi connectivity index (χ3n) is 2.35. The second-order valence-corrected chi connectivity index (χ2v) is 4.55. The lowest BCUT2D eigenvalue weighted by molar-refractivity contribution is -0.124. The molecule has 0 aliphatic heterocycles. The molecule has 0 aliphatic carbocycles. The minimum absolute atomic E-state index is 0.0000463. The Morgan fingerprint density at radius 3 is 2.80 bits per heavy atom. The Bertz CT molecular complexity index is 337. The van der Waals surface area contributed by atoms with E-state index in [1.54, 1.807) is 17.1 Å². The van der Waals surface area contributed by atoms with Crippen molar-refractivity contribution in [3.05, 3.63) is 16.9 Å². The third kappa shape index (κ3) is 3.34. The second kappa shape index (κ2) is 5.30. The number of aromatic nitrogens is 2. The van der Waals surface area contributed by atoms with Gasteiger partial charge in [0.1, 0.15) is 6.04 Å². The zero-order valence-electron chi connectivity index (χ0n) is 9.20. The molecule has 0 saturated carbocycles. The fourth-order valence-corrected chi connectivity index (χ4v) is 1.41. The molecule has 5 heteroatoms. The highest BCUT2D eigenvalue weighted by molar-refractivity contribution is 9.10. The van der Waals surface area contributed by atoms with Gasteiger partial charge in [-0.1, -0.05) is 6.92 Å². The van der Waals surface area contributed by atoms with Gasteiger partial charge < -0.3 is 5.32 Å². The van der Waals surface area contributed by atoms with Crippen molar-refractivity contribution in [2.75, 3.05) is 0 Å². The number of amides is 1. The lowest BCUT2D eigenvalue weighted by Gasteiger charge is -2.16. The minimum atomic E-state index is -0.273. The predicted molar refractivity (Wildman–Crippen MR) is 62.5 cm³/mol. The van der Waals surface area contributed by atoms with Crippen LogP contribution in [0.25, 0.3) is 0 Å². The summed E-state index contributed by atoms with van der Waals surface area (Å²) in [6.45, 7) is 5.86. The van der Waals surface area contributed by atoms with E-state index in [1.807, 2.05) is 20.8 Å². The molecular weight excluding hydrogens is 258 g/mol. The Kier molecular flexibility index (Phi) is 4.32. The number of hydrogen-bond acceptors (Lipinski definition) is 2. The number of carbonyl (C=O) groups excluding carboxylic acids is 1. The third-order valence-corrected chi connectivity index (χ3v) is 2.76. The first-order chi connectivity index (χ1) is 7.04. The lowest BCUT2D eigenvalue weighted by Crippen LogP contribution is -2.37. The smallest absolute Gasteiger partial charge is 0.244 e. The molecule has 0 fully saturated rings. The fourth-order valence-electron chi connectivity index (χ4n) is 1.11. The van der Waals surface area contributed by atoms with Crippen molar-refractivity contribution in [1.82, 2.24) is 15.1 Å². The Morgan fingerprint density at radius 1 is 1.67 bits per heavy atom. The van der Waals surface area contributed by atoms with E-state index in [2.05, 4.69) is 26.3 Å². The maximum absolute atomic E-state index is 11.7. The van der Waals surface area contributed by atoms with Gasteiger partial charge in [-0.25, -0.2) is 0 Å². The van der Waals surface area contributed by atoms with E-state index >= 15 is 0 Å². The van der Waals surface area contributed by atoms with Crippen LogP contribution in [0.4, 0.5) is 0 Å². The number of hydrogen-bond donors (Lipinski definition) is 1. The highest BCUT2D eigenvalue weighted by Crippen LogP contribution is 2.11. The van der Waals surface area contributed by atoms with Crippen LogP contribution in [0, 0.1) is 0 Å². The van der Waals surface area contributed by atoms with Crippen LogP contribution in [0.5, 0.6) is 0 Å². The largest absolute Gasteiger partial charge is 0.352 e. The molecular formula is C10H16BrN3O. The number of halogens is 1. The minimum Gasteiger partial charge on any atom is -0.352 e. The van der Waals surface area contributed by atoms with E-state index in [0.717, 1.165) is 10.9 Å². The van der Waals surface area contributed by atoms with Gasteiger partial charge in [0.05, 0.1) is 10.7 Å². The SMILES string of the molecule is CC[C@@H](C)NC(=O)[C@@H](C)n1cc(Br)cn1. The molecule has 1 N–H and O–H groups in total. The van der Waals surface area contributed by atoms with Crippen LogP contribution in [0.3, 0.4) is 0 Å². The van der Waals surface area contributed by atoms with Crippen LogP contribution in [0.15, 0.2) is 16.9 Å². The quantitative estimate of drug-likeness (QED) is 0.914. The summed E-state index contributed by atoms with van der Waals surface area (Å²) in [7, 11) is 0. The van der Waals surface area contributed by atoms with E-state index < -0.39 is 0 Å². The highest BCUT2D eigenvalue weighted by Gasteiger charge is 2.16. The molecule has 0 aliphatic rings. The predicted octanol–water partition coefficient (Wildman–Crippen LogP) is 2.12. The summed E-state index contributed by atoms with van der Waals surface area (Å²) in [6.07, 6.45) is 4.40. The number of carbonyl (C=O) groups is 1. The monoisotopic (exact) mass is 273 g/mol. The van der Waals surface area contributed by atoms with Crippen LogP contribution in [0.2, 0.25) is 0 Å². The number of nitrogens with zero attached hydrogens (tertiary/aromatic N) is 2. The number of rotatable bonds is 4. The zero-order chi connectivity index (χ0) is 11.4. The molecule has 4 nitrogen and oxygen atoms in total. The zero-order valence-corrected chi connectivity index (χ0v) is 10.8. The second-order valence-electron chi connectivity index (χ2n) is 3.63. The highest BCUT2D eigenvalue weighted by atomic mass is 79.9. The van der Waals surface area contributed by atoms with E-state index in [-0.39, 0.29) is 18.0 Å². The first-order valence-electron chi connectivity index (χ1n) is 5.04. The maximum Gasteiger partial charge on any atom is 0.244 e. The van der Waals surface area contributed by atoms with Crippen molar-refractivity contribution in [3.8, 4) is 0 Å². The summed E-state index contributed by atoms with van der Waals surface area (Å²) in [4.78, 5) is 11.7. The molecule has 0 radical (unpaired) electrons. The molecule has 84 valence electrons. The van der Waals surface area contributed by atoms with E-state index in [1.165, 1.54) is 0 Å². The van der Waals surface area contributed by atoms with Crippen molar-refractivity contribution in [2.24, 2.45) is 0 Å². The molecule has 2 atom stereocenters. The van der Waals surface area contributed by atoms with E-state index in [0.29, 0.717) is 0 Å². The van der Waals surface area contributed by atoms with Crippen molar-refractivity contribution < 1.29 is 4.79 Å². The van der Waals surface area contributed by atoms with Crippen LogP contribution >= 0.6 is 15.9 Å². The van der Waals surface area contributed by atoms with Gasteiger partial charge in [-0.05, 0) is 36.2 Å². The lowest BCUT2D eigenvalue weighted by atomic mass is 10.2. The first kappa shape index (κ1) is 12.2. The van der Waals surface area contributed by atoms with Gasteiger partial charge in [-0.2, -0.15) is 5.10 Å². The molecule has 15 heavy (non-hydrogen) atoms. The van der Waals surface area contributed by atoms with E-state index in [9.17, 15) is 4.79 Å². The molecule has 1 rings (SSSR count). The van der Waals surface area contributed by atoms with Gasteiger partial charge in [-0.3, -0.25) is 9.48 Å². The van der Waals surface area contributed by atoms with Crippen molar-refractivity contribution in [3.63, 3.8) is 0 Å². The average Bonchev–Trinajstić information content (AvgIpc) is 2.63. The normalized spacial score (nSPS) is 14.7. The summed E-state index contributed by atoms with van der Waals surface area (Å²) in [5.74, 6) is -0.0000463. The van der Waals surface area contributed by atoms with Gasteiger partial charge in [0.15, 0.2) is 0 Å². The maximum atomic E-state index is 11.7. The molecule has 0 aromatic carbocycles. The average molecular weight is 274 g/mol. The summed E-state index contributed by atoms with van der Waals surface area (Å²) in [5.41, 5.74) is 0.